The molecule has 2 amide bonds. The fourth-order valence-electron chi connectivity index (χ4n) is 3.04. The van der Waals surface area contributed by atoms with Crippen LogP contribution in [0, 0.1) is 12.8 Å². The number of benzene rings is 1. The highest BCUT2D eigenvalue weighted by atomic mass is 16.5. The molecule has 0 atom stereocenters. The maximum atomic E-state index is 12.3. The summed E-state index contributed by atoms with van der Waals surface area (Å²) in [6.07, 6.45) is 6.54. The molecular weight excluding hydrogens is 314 g/mol. The van der Waals surface area contributed by atoms with Gasteiger partial charge < -0.3 is 15.0 Å². The summed E-state index contributed by atoms with van der Waals surface area (Å²) in [6.45, 7) is 4.34. The molecule has 0 aliphatic carbocycles. The molecule has 2 aromatic rings. The molecule has 0 saturated carbocycles. The Morgan fingerprint density at radius 1 is 1.24 bits per heavy atom. The second kappa shape index (κ2) is 8.51. The largest absolute Gasteiger partial charge is 0.492 e. The van der Waals surface area contributed by atoms with Gasteiger partial charge in [-0.2, -0.15) is 0 Å². The minimum atomic E-state index is -0.00564. The number of anilines is 1. The Labute approximate surface area is 149 Å². The summed E-state index contributed by atoms with van der Waals surface area (Å²) in [4.78, 5) is 18.3. The Hall–Kier alpha value is -2.56. The van der Waals surface area contributed by atoms with Crippen LogP contribution < -0.4 is 10.1 Å². The Bertz CT molecular complexity index is 665. The summed E-state index contributed by atoms with van der Waals surface area (Å²) < 4.78 is 5.72. The monoisotopic (exact) mass is 339 g/mol. The van der Waals surface area contributed by atoms with Crippen LogP contribution in [0.5, 0.6) is 5.75 Å². The molecular formula is C20H25N3O2. The molecule has 1 aromatic carbocycles. The minimum absolute atomic E-state index is 0.00564. The van der Waals surface area contributed by atoms with Gasteiger partial charge in [0.25, 0.3) is 0 Å². The van der Waals surface area contributed by atoms with Gasteiger partial charge in [0, 0.05) is 25.0 Å². The van der Waals surface area contributed by atoms with E-state index in [1.54, 1.807) is 12.4 Å². The van der Waals surface area contributed by atoms with Gasteiger partial charge in [-0.3, -0.25) is 4.98 Å². The van der Waals surface area contributed by atoms with E-state index in [2.05, 4.69) is 10.3 Å². The quantitative estimate of drug-likeness (QED) is 0.892. The number of pyridine rings is 1. The lowest BCUT2D eigenvalue weighted by Gasteiger charge is -2.32. The first-order chi connectivity index (χ1) is 12.2. The molecule has 1 aliphatic rings. The number of hydrogen-bond acceptors (Lipinski definition) is 3. The van der Waals surface area contributed by atoms with E-state index in [0.717, 1.165) is 43.8 Å². The van der Waals surface area contributed by atoms with Gasteiger partial charge in [0.05, 0.1) is 12.8 Å². The molecule has 3 rings (SSSR count). The van der Waals surface area contributed by atoms with Gasteiger partial charge in [0.15, 0.2) is 0 Å². The van der Waals surface area contributed by atoms with Crippen molar-refractivity contribution < 1.29 is 9.53 Å². The lowest BCUT2D eigenvalue weighted by atomic mass is 9.94. The second-order valence-corrected chi connectivity index (χ2v) is 6.55. The second-order valence-electron chi connectivity index (χ2n) is 6.55. The van der Waals surface area contributed by atoms with Crippen molar-refractivity contribution in [2.24, 2.45) is 5.92 Å². The number of likely N-dealkylation sites (tertiary alicyclic amines) is 1. The summed E-state index contributed by atoms with van der Waals surface area (Å²) in [5.74, 6) is 1.43. The fraction of sp³-hybridized carbons (Fsp3) is 0.400. The van der Waals surface area contributed by atoms with Crippen molar-refractivity contribution in [3.63, 3.8) is 0 Å². The summed E-state index contributed by atoms with van der Waals surface area (Å²) in [5, 5.41) is 2.97. The number of amides is 2. The molecule has 2 heterocycles. The molecule has 1 aliphatic heterocycles. The van der Waals surface area contributed by atoms with Crippen molar-refractivity contribution in [1.29, 1.82) is 0 Å². The van der Waals surface area contributed by atoms with Gasteiger partial charge in [-0.15, -0.1) is 0 Å². The van der Waals surface area contributed by atoms with Crippen LogP contribution in [0.4, 0.5) is 10.5 Å². The first-order valence-corrected chi connectivity index (χ1v) is 8.86. The summed E-state index contributed by atoms with van der Waals surface area (Å²) in [5.41, 5.74) is 2.04. The van der Waals surface area contributed by atoms with Crippen molar-refractivity contribution in [3.05, 3.63) is 54.4 Å². The maximum Gasteiger partial charge on any atom is 0.321 e. The zero-order valence-electron chi connectivity index (χ0n) is 14.6. The van der Waals surface area contributed by atoms with Crippen molar-refractivity contribution in [1.82, 2.24) is 9.88 Å². The van der Waals surface area contributed by atoms with Gasteiger partial charge in [-0.05, 0) is 56.4 Å². The number of rotatable bonds is 5. The van der Waals surface area contributed by atoms with Crippen LogP contribution in [0.1, 0.15) is 24.8 Å². The molecule has 1 N–H and O–H groups in total. The van der Waals surface area contributed by atoms with Crippen molar-refractivity contribution in [2.45, 2.75) is 26.2 Å². The zero-order valence-corrected chi connectivity index (χ0v) is 14.6. The molecule has 0 bridgehead atoms. The topological polar surface area (TPSA) is 54.5 Å². The van der Waals surface area contributed by atoms with Crippen LogP contribution in [-0.4, -0.2) is 35.6 Å². The summed E-state index contributed by atoms with van der Waals surface area (Å²) in [6, 6.07) is 11.7. The lowest BCUT2D eigenvalue weighted by Crippen LogP contribution is -2.41. The summed E-state index contributed by atoms with van der Waals surface area (Å²) >= 11 is 0. The third-order valence-electron chi connectivity index (χ3n) is 4.63. The average Bonchev–Trinajstić information content (AvgIpc) is 2.65. The number of nitrogens with zero attached hydrogens (tertiary/aromatic N) is 2. The number of ether oxygens (including phenoxy) is 1. The standard InChI is InChI=1S/C20H25N3O2/c1-16-4-6-18(7-5-16)22-20(24)23-12-8-17(9-13-23)10-14-25-19-3-2-11-21-15-19/h2-7,11,15,17H,8-10,12-14H2,1H3,(H,22,24). The van der Waals surface area contributed by atoms with Crippen molar-refractivity contribution >= 4 is 11.7 Å². The molecule has 5 nitrogen and oxygen atoms in total. The normalized spacial score (nSPS) is 15.0. The highest BCUT2D eigenvalue weighted by molar-refractivity contribution is 5.89. The fourth-order valence-corrected chi connectivity index (χ4v) is 3.04. The van der Waals surface area contributed by atoms with Crippen LogP contribution in [0.15, 0.2) is 48.8 Å². The molecule has 0 spiro atoms. The number of nitrogens with one attached hydrogen (secondary N) is 1. The molecule has 1 fully saturated rings. The van der Waals surface area contributed by atoms with E-state index in [1.165, 1.54) is 5.56 Å². The Morgan fingerprint density at radius 3 is 2.68 bits per heavy atom. The van der Waals surface area contributed by atoms with Crippen molar-refractivity contribution in [2.75, 3.05) is 25.0 Å². The molecule has 1 saturated heterocycles. The van der Waals surface area contributed by atoms with Gasteiger partial charge >= 0.3 is 6.03 Å². The minimum Gasteiger partial charge on any atom is -0.492 e. The van der Waals surface area contributed by atoms with Crippen LogP contribution in [0.3, 0.4) is 0 Å². The number of aryl methyl sites for hydroxylation is 1. The van der Waals surface area contributed by atoms with Gasteiger partial charge in [-0.25, -0.2) is 4.79 Å². The van der Waals surface area contributed by atoms with Crippen LogP contribution in [0.25, 0.3) is 0 Å². The number of urea groups is 1. The number of piperidine rings is 1. The maximum absolute atomic E-state index is 12.3. The van der Waals surface area contributed by atoms with E-state index < -0.39 is 0 Å². The van der Waals surface area contributed by atoms with Crippen LogP contribution in [-0.2, 0) is 0 Å². The first kappa shape index (κ1) is 17.3. The van der Waals surface area contributed by atoms with Gasteiger partial charge in [-0.1, -0.05) is 17.7 Å². The molecule has 25 heavy (non-hydrogen) atoms. The molecule has 1 aromatic heterocycles. The third-order valence-corrected chi connectivity index (χ3v) is 4.63. The van der Waals surface area contributed by atoms with E-state index in [4.69, 9.17) is 4.74 Å². The number of aromatic nitrogens is 1. The highest BCUT2D eigenvalue weighted by Gasteiger charge is 2.22. The van der Waals surface area contributed by atoms with Crippen molar-refractivity contribution in [3.8, 4) is 5.75 Å². The highest BCUT2D eigenvalue weighted by Crippen LogP contribution is 2.22. The SMILES string of the molecule is Cc1ccc(NC(=O)N2CCC(CCOc3cccnc3)CC2)cc1. The number of hydrogen-bond donors (Lipinski definition) is 1. The van der Waals surface area contributed by atoms with Crippen LogP contribution >= 0.6 is 0 Å². The van der Waals surface area contributed by atoms with E-state index >= 15 is 0 Å². The molecule has 0 unspecified atom stereocenters. The van der Waals surface area contributed by atoms with Gasteiger partial charge in [0.1, 0.15) is 5.75 Å². The Morgan fingerprint density at radius 2 is 2.00 bits per heavy atom. The van der Waals surface area contributed by atoms with Crippen LogP contribution in [0.2, 0.25) is 0 Å². The predicted molar refractivity (Wildman–Crippen MR) is 98.8 cm³/mol. The third kappa shape index (κ3) is 5.21. The molecule has 5 heteroatoms. The Kier molecular flexibility index (Phi) is 5.88. The first-order valence-electron chi connectivity index (χ1n) is 8.86. The van der Waals surface area contributed by atoms with E-state index in [-0.39, 0.29) is 6.03 Å². The zero-order chi connectivity index (χ0) is 17.5. The molecule has 0 radical (unpaired) electrons. The summed E-state index contributed by atoms with van der Waals surface area (Å²) in [7, 11) is 0. The van der Waals surface area contributed by atoms with E-state index in [0.29, 0.717) is 12.5 Å². The smallest absolute Gasteiger partial charge is 0.321 e. The molecule has 132 valence electrons. The number of carbonyl (C=O) groups is 1. The number of carbonyl (C=O) groups excluding carboxylic acids is 1. The Balaban J connectivity index is 1.37. The van der Waals surface area contributed by atoms with Gasteiger partial charge in [0.2, 0.25) is 0 Å². The average molecular weight is 339 g/mol. The predicted octanol–water partition coefficient (Wildman–Crippen LogP) is 4.10. The lowest BCUT2D eigenvalue weighted by molar-refractivity contribution is 0.170. The van der Waals surface area contributed by atoms with E-state index in [9.17, 15) is 4.79 Å². The van der Waals surface area contributed by atoms with E-state index in [1.807, 2.05) is 48.2 Å².